The third kappa shape index (κ3) is 5.18. The zero-order chi connectivity index (χ0) is 25.7. The van der Waals surface area contributed by atoms with E-state index < -0.39 is 17.8 Å². The van der Waals surface area contributed by atoms with Gasteiger partial charge in [-0.2, -0.15) is 0 Å². The van der Waals surface area contributed by atoms with Crippen molar-refractivity contribution in [3.63, 3.8) is 0 Å². The Balaban J connectivity index is 1.80. The molecule has 0 aliphatic carbocycles. The van der Waals surface area contributed by atoms with Crippen molar-refractivity contribution in [2.75, 3.05) is 18.5 Å². The molecular formula is C26H28N6O3S. The van der Waals surface area contributed by atoms with Crippen molar-refractivity contribution in [3.8, 4) is 0 Å². The van der Waals surface area contributed by atoms with E-state index in [1.54, 1.807) is 0 Å². The summed E-state index contributed by atoms with van der Waals surface area (Å²) in [5, 5.41) is 0.441. The molecule has 10 heteroatoms. The number of thioether (sulfide) groups is 1. The molecule has 2 aromatic carbocycles. The average Bonchev–Trinajstić information content (AvgIpc) is 3.17. The van der Waals surface area contributed by atoms with Crippen LogP contribution in [0.15, 0.2) is 70.6 Å². The van der Waals surface area contributed by atoms with Crippen LogP contribution in [0.1, 0.15) is 24.5 Å². The van der Waals surface area contributed by atoms with E-state index in [0.717, 1.165) is 27.9 Å². The van der Waals surface area contributed by atoms with Crippen molar-refractivity contribution in [1.29, 1.82) is 0 Å². The van der Waals surface area contributed by atoms with Gasteiger partial charge >= 0.3 is 11.7 Å². The number of hydrogen-bond donors (Lipinski definition) is 1. The highest BCUT2D eigenvalue weighted by Crippen LogP contribution is 2.24. The first-order chi connectivity index (χ1) is 17.4. The normalized spacial score (nSPS) is 11.9. The summed E-state index contributed by atoms with van der Waals surface area (Å²) in [7, 11) is 1.50. The monoisotopic (exact) mass is 504 g/mol. The van der Waals surface area contributed by atoms with Crippen LogP contribution in [0.4, 0.5) is 10.6 Å². The Morgan fingerprint density at radius 1 is 1.08 bits per heavy atom. The lowest BCUT2D eigenvalue weighted by Gasteiger charge is -2.24. The predicted molar refractivity (Wildman–Crippen MR) is 141 cm³/mol. The zero-order valence-electron chi connectivity index (χ0n) is 20.2. The Morgan fingerprint density at radius 2 is 1.72 bits per heavy atom. The van der Waals surface area contributed by atoms with Crippen molar-refractivity contribution in [1.82, 2.24) is 24.0 Å². The first kappa shape index (κ1) is 25.2. The number of aromatic nitrogens is 4. The number of fused-ring (bicyclic) bond motifs is 1. The molecule has 36 heavy (non-hydrogen) atoms. The molecule has 0 saturated carbocycles. The summed E-state index contributed by atoms with van der Waals surface area (Å²) in [6.07, 6.45) is 1.94. The van der Waals surface area contributed by atoms with Crippen molar-refractivity contribution >= 4 is 41.1 Å². The maximum absolute atomic E-state index is 13.6. The number of amides is 1. The van der Waals surface area contributed by atoms with E-state index >= 15 is 0 Å². The van der Waals surface area contributed by atoms with E-state index in [4.69, 9.17) is 5.73 Å². The number of likely N-dealkylation sites (N-methyl/N-ethyl adjacent to an activating group) is 1. The minimum atomic E-state index is -0.777. The molecule has 0 fully saturated rings. The highest BCUT2D eigenvalue weighted by molar-refractivity contribution is 7.99. The van der Waals surface area contributed by atoms with Crippen molar-refractivity contribution in [3.05, 3.63) is 82.3 Å². The summed E-state index contributed by atoms with van der Waals surface area (Å²) >= 11 is 1.44. The van der Waals surface area contributed by atoms with Crippen LogP contribution >= 0.6 is 11.8 Å². The Morgan fingerprint density at radius 3 is 2.33 bits per heavy atom. The number of nitrogen functional groups attached to an aromatic ring is 1. The van der Waals surface area contributed by atoms with Gasteiger partial charge in [0.2, 0.25) is 0 Å². The van der Waals surface area contributed by atoms with Crippen molar-refractivity contribution in [2.24, 2.45) is 0 Å². The second-order valence-electron chi connectivity index (χ2n) is 8.39. The fourth-order valence-corrected chi connectivity index (χ4v) is 4.62. The van der Waals surface area contributed by atoms with Gasteiger partial charge in [0.15, 0.2) is 16.6 Å². The summed E-state index contributed by atoms with van der Waals surface area (Å²) in [4.78, 5) is 49.5. The lowest BCUT2D eigenvalue weighted by atomic mass is 10.1. The molecule has 0 radical (unpaired) electrons. The zero-order valence-corrected chi connectivity index (χ0v) is 21.0. The van der Waals surface area contributed by atoms with E-state index in [-0.39, 0.29) is 23.5 Å². The molecule has 9 nitrogen and oxygen atoms in total. The third-order valence-electron chi connectivity index (χ3n) is 5.83. The van der Waals surface area contributed by atoms with Crippen molar-refractivity contribution in [2.45, 2.75) is 37.5 Å². The number of benzene rings is 2. The molecule has 0 saturated heterocycles. The molecule has 0 aliphatic rings. The Kier molecular flexibility index (Phi) is 7.84. The summed E-state index contributed by atoms with van der Waals surface area (Å²) in [5.41, 5.74) is 7.89. The maximum atomic E-state index is 13.6. The lowest BCUT2D eigenvalue weighted by molar-refractivity contribution is -0.111. The highest BCUT2D eigenvalue weighted by Gasteiger charge is 2.28. The van der Waals surface area contributed by atoms with Crippen LogP contribution in [0, 0.1) is 0 Å². The third-order valence-corrected chi connectivity index (χ3v) is 6.88. The summed E-state index contributed by atoms with van der Waals surface area (Å²) in [6, 6.07) is 17.4. The van der Waals surface area contributed by atoms with Gasteiger partial charge in [0.1, 0.15) is 11.8 Å². The van der Waals surface area contributed by atoms with E-state index in [2.05, 4.69) is 9.97 Å². The van der Waals surface area contributed by atoms with E-state index in [1.807, 2.05) is 67.6 Å². The number of nitrogens with two attached hydrogens (primary N) is 1. The molecule has 0 spiro atoms. The smallest absolute Gasteiger partial charge is 0.339 e. The van der Waals surface area contributed by atoms with Crippen LogP contribution in [0.2, 0.25) is 0 Å². The number of carbonyl (C=O) groups is 2. The van der Waals surface area contributed by atoms with Crippen LogP contribution in [0.3, 0.4) is 0 Å². The van der Waals surface area contributed by atoms with Gasteiger partial charge in [-0.3, -0.25) is 4.57 Å². The number of aldehydes is 1. The Labute approximate surface area is 213 Å². The van der Waals surface area contributed by atoms with E-state index in [0.29, 0.717) is 17.9 Å². The van der Waals surface area contributed by atoms with Gasteiger partial charge in [-0.1, -0.05) is 79.3 Å². The summed E-state index contributed by atoms with van der Waals surface area (Å²) in [5.74, 6) is 0.825. The van der Waals surface area contributed by atoms with E-state index in [9.17, 15) is 14.4 Å². The molecule has 4 aromatic rings. The topological polar surface area (TPSA) is 116 Å². The van der Waals surface area contributed by atoms with Crippen molar-refractivity contribution < 1.29 is 9.59 Å². The molecule has 1 amide bonds. The molecule has 2 N–H and O–H groups in total. The summed E-state index contributed by atoms with van der Waals surface area (Å²) < 4.78 is 2.40. The Hall–Kier alpha value is -3.92. The molecule has 1 unspecified atom stereocenters. The number of anilines is 1. The Bertz CT molecular complexity index is 1420. The summed E-state index contributed by atoms with van der Waals surface area (Å²) in [6.45, 7) is 2.25. The number of nitrogens with zero attached hydrogens (tertiary/aromatic N) is 5. The van der Waals surface area contributed by atoms with Gasteiger partial charge < -0.3 is 15.4 Å². The first-order valence-electron chi connectivity index (χ1n) is 11.7. The fraction of sp³-hybridized carbons (Fsp3) is 0.269. The number of imidazole rings is 1. The van der Waals surface area contributed by atoms with Gasteiger partial charge in [0.25, 0.3) is 0 Å². The molecule has 2 heterocycles. The minimum Gasteiger partial charge on any atom is -0.382 e. The number of rotatable bonds is 9. The standard InChI is InChI=1S/C26H28N6O3S/c1-3-14-36-24-28-22(27)21-23(29-24)31(16-19-12-8-5-9-13-19)26(35)32(21)25(34)30(2)20(17-33)15-18-10-6-4-7-11-18/h4-13,17,20H,3,14-16H2,1-2H3,(H2,27,28,29). The maximum Gasteiger partial charge on any atom is 0.339 e. The molecule has 0 aliphatic heterocycles. The number of carbonyl (C=O) groups excluding carboxylic acids is 2. The quantitative estimate of drug-likeness (QED) is 0.211. The first-order valence-corrected chi connectivity index (χ1v) is 12.6. The molecule has 186 valence electrons. The molecule has 1 atom stereocenters. The highest BCUT2D eigenvalue weighted by atomic mass is 32.2. The van der Waals surface area contributed by atoms with Gasteiger partial charge in [0, 0.05) is 12.8 Å². The van der Waals surface area contributed by atoms with E-state index in [1.165, 1.54) is 28.3 Å². The second-order valence-corrected chi connectivity index (χ2v) is 9.45. The predicted octanol–water partition coefficient (Wildman–Crippen LogP) is 3.44. The van der Waals surface area contributed by atoms with Gasteiger partial charge in [-0.25, -0.2) is 24.1 Å². The van der Waals surface area contributed by atoms with Crippen LogP contribution in [-0.4, -0.2) is 55.2 Å². The molecule has 2 aromatic heterocycles. The average molecular weight is 505 g/mol. The van der Waals surface area contributed by atoms with Crippen LogP contribution in [0.25, 0.3) is 11.2 Å². The molecular weight excluding hydrogens is 476 g/mol. The van der Waals surface area contributed by atoms with Gasteiger partial charge in [-0.15, -0.1) is 0 Å². The van der Waals surface area contributed by atoms with Crippen LogP contribution in [0.5, 0.6) is 0 Å². The fourth-order valence-electron chi connectivity index (χ4n) is 3.92. The lowest BCUT2D eigenvalue weighted by Crippen LogP contribution is -2.45. The SMILES string of the molecule is CCCSc1nc(N)c2c(n1)n(Cc1ccccc1)c(=O)n2C(=O)N(C)C(C=O)Cc1ccccc1. The van der Waals surface area contributed by atoms with Crippen LogP contribution < -0.4 is 11.4 Å². The minimum absolute atomic E-state index is 0.0370. The van der Waals surface area contributed by atoms with Gasteiger partial charge in [-0.05, 0) is 24.0 Å². The second kappa shape index (κ2) is 11.2. The number of hydrogen-bond acceptors (Lipinski definition) is 7. The molecule has 0 bridgehead atoms. The largest absolute Gasteiger partial charge is 0.382 e. The van der Waals surface area contributed by atoms with Crippen LogP contribution in [-0.2, 0) is 17.8 Å². The molecule has 4 rings (SSSR count). The van der Waals surface area contributed by atoms with Gasteiger partial charge in [0.05, 0.1) is 12.6 Å².